The van der Waals surface area contributed by atoms with E-state index in [1.165, 1.54) is 4.88 Å². The number of thiazole rings is 1. The summed E-state index contributed by atoms with van der Waals surface area (Å²) in [5, 5.41) is 4.82. The lowest BCUT2D eigenvalue weighted by atomic mass is 10.2. The van der Waals surface area contributed by atoms with Crippen molar-refractivity contribution in [3.63, 3.8) is 0 Å². The first-order valence-electron chi connectivity index (χ1n) is 8.96. The molecule has 1 unspecified atom stereocenters. The van der Waals surface area contributed by atoms with Crippen LogP contribution in [0.5, 0.6) is 0 Å². The highest BCUT2D eigenvalue weighted by Crippen LogP contribution is 2.32. The predicted octanol–water partition coefficient (Wildman–Crippen LogP) is 5.10. The second-order valence-corrected chi connectivity index (χ2v) is 8.42. The molecule has 0 aromatic carbocycles. The summed E-state index contributed by atoms with van der Waals surface area (Å²) in [6.07, 6.45) is 5.74. The van der Waals surface area contributed by atoms with Crippen molar-refractivity contribution >= 4 is 46.3 Å². The van der Waals surface area contributed by atoms with Crippen molar-refractivity contribution in [3.05, 3.63) is 57.7 Å². The van der Waals surface area contributed by atoms with Crippen LogP contribution in [0, 0.1) is 13.8 Å². The van der Waals surface area contributed by atoms with Crippen molar-refractivity contribution in [2.45, 2.75) is 39.3 Å². The van der Waals surface area contributed by atoms with Crippen LogP contribution in [0.3, 0.4) is 0 Å². The number of pyridine rings is 1. The molecule has 0 aliphatic carbocycles. The standard InChI is InChI=1S/C19H21ClN6S.ClH/c1-12-8-17(25-19-22-9-13(2)27-19)24-18(23-12)16-4-3-7-26(16)11-15-6-5-14(20)10-21-15;/h5-6,8-10,16H,3-4,7,11H2,1-2H3,(H,22,23,24,25);1H. The lowest BCUT2D eigenvalue weighted by Gasteiger charge is -2.23. The number of hydrogen-bond donors (Lipinski definition) is 1. The molecule has 1 saturated heterocycles. The molecular weight excluding hydrogens is 415 g/mol. The van der Waals surface area contributed by atoms with E-state index < -0.39 is 0 Å². The molecule has 3 aromatic heterocycles. The van der Waals surface area contributed by atoms with E-state index in [9.17, 15) is 0 Å². The van der Waals surface area contributed by atoms with Crippen LogP contribution >= 0.6 is 35.3 Å². The largest absolute Gasteiger partial charge is 0.316 e. The molecule has 1 aliphatic rings. The number of aromatic nitrogens is 4. The van der Waals surface area contributed by atoms with Crippen molar-refractivity contribution in [2.75, 3.05) is 11.9 Å². The summed E-state index contributed by atoms with van der Waals surface area (Å²) < 4.78 is 0. The van der Waals surface area contributed by atoms with E-state index >= 15 is 0 Å². The normalized spacial score (nSPS) is 16.8. The summed E-state index contributed by atoms with van der Waals surface area (Å²) in [7, 11) is 0. The summed E-state index contributed by atoms with van der Waals surface area (Å²) >= 11 is 7.57. The number of hydrogen-bond acceptors (Lipinski definition) is 7. The molecule has 1 N–H and O–H groups in total. The molecule has 1 atom stereocenters. The quantitative estimate of drug-likeness (QED) is 0.599. The molecule has 4 rings (SSSR count). The zero-order valence-electron chi connectivity index (χ0n) is 15.7. The third kappa shape index (κ3) is 4.97. The molecule has 1 fully saturated rings. The molecule has 0 spiro atoms. The summed E-state index contributed by atoms with van der Waals surface area (Å²) in [6.45, 7) is 5.83. The third-order valence-electron chi connectivity index (χ3n) is 4.54. The van der Waals surface area contributed by atoms with Gasteiger partial charge >= 0.3 is 0 Å². The zero-order valence-corrected chi connectivity index (χ0v) is 18.1. The van der Waals surface area contributed by atoms with Crippen LogP contribution in [0.4, 0.5) is 10.9 Å². The molecular formula is C19H22Cl2N6S. The van der Waals surface area contributed by atoms with Gasteiger partial charge in [0.1, 0.15) is 11.6 Å². The molecule has 28 heavy (non-hydrogen) atoms. The Bertz CT molecular complexity index is 930. The lowest BCUT2D eigenvalue weighted by Crippen LogP contribution is -2.25. The summed E-state index contributed by atoms with van der Waals surface area (Å²) in [5.41, 5.74) is 1.96. The number of nitrogens with zero attached hydrogens (tertiary/aromatic N) is 5. The van der Waals surface area contributed by atoms with E-state index in [0.717, 1.165) is 54.1 Å². The van der Waals surface area contributed by atoms with Crippen LogP contribution in [0.25, 0.3) is 0 Å². The molecule has 3 aromatic rings. The van der Waals surface area contributed by atoms with Gasteiger partial charge in [-0.05, 0) is 45.4 Å². The predicted molar refractivity (Wildman–Crippen MR) is 116 cm³/mol. The molecule has 4 heterocycles. The van der Waals surface area contributed by atoms with E-state index in [2.05, 4.69) is 20.2 Å². The van der Waals surface area contributed by atoms with E-state index in [1.807, 2.05) is 38.2 Å². The van der Waals surface area contributed by atoms with Crippen LogP contribution in [-0.2, 0) is 6.54 Å². The van der Waals surface area contributed by atoms with Gasteiger partial charge in [-0.3, -0.25) is 9.88 Å². The average molecular weight is 437 g/mol. The number of rotatable bonds is 5. The van der Waals surface area contributed by atoms with Crippen molar-refractivity contribution in [1.82, 2.24) is 24.8 Å². The monoisotopic (exact) mass is 436 g/mol. The van der Waals surface area contributed by atoms with Crippen molar-refractivity contribution in [1.29, 1.82) is 0 Å². The van der Waals surface area contributed by atoms with Crippen LogP contribution in [0.1, 0.15) is 41.0 Å². The fourth-order valence-electron chi connectivity index (χ4n) is 3.34. The van der Waals surface area contributed by atoms with Gasteiger partial charge in [-0.15, -0.1) is 23.7 Å². The van der Waals surface area contributed by atoms with Gasteiger partial charge in [0.15, 0.2) is 5.13 Å². The third-order valence-corrected chi connectivity index (χ3v) is 5.60. The second kappa shape index (κ2) is 9.13. The summed E-state index contributed by atoms with van der Waals surface area (Å²) in [6, 6.07) is 6.02. The van der Waals surface area contributed by atoms with Gasteiger partial charge in [-0.2, -0.15) is 0 Å². The van der Waals surface area contributed by atoms with Crippen LogP contribution in [0.15, 0.2) is 30.6 Å². The first kappa shape index (κ1) is 20.9. The zero-order chi connectivity index (χ0) is 18.8. The Morgan fingerprint density at radius 1 is 1.21 bits per heavy atom. The van der Waals surface area contributed by atoms with Crippen molar-refractivity contribution < 1.29 is 0 Å². The van der Waals surface area contributed by atoms with E-state index in [0.29, 0.717) is 5.02 Å². The Morgan fingerprint density at radius 2 is 2.07 bits per heavy atom. The summed E-state index contributed by atoms with van der Waals surface area (Å²) in [5.74, 6) is 1.65. The second-order valence-electron chi connectivity index (χ2n) is 6.75. The minimum absolute atomic E-state index is 0. The number of aryl methyl sites for hydroxylation is 2. The highest BCUT2D eigenvalue weighted by Gasteiger charge is 2.29. The minimum atomic E-state index is 0. The number of nitrogens with one attached hydrogen (secondary N) is 1. The minimum Gasteiger partial charge on any atom is -0.316 e. The van der Waals surface area contributed by atoms with Crippen LogP contribution < -0.4 is 5.32 Å². The molecule has 0 bridgehead atoms. The van der Waals surface area contributed by atoms with Gasteiger partial charge in [-0.25, -0.2) is 15.0 Å². The Balaban J connectivity index is 0.00000225. The maximum Gasteiger partial charge on any atom is 0.188 e. The van der Waals surface area contributed by atoms with Gasteiger partial charge < -0.3 is 5.32 Å². The molecule has 0 radical (unpaired) electrons. The first-order chi connectivity index (χ1) is 13.1. The fourth-order valence-corrected chi connectivity index (χ4v) is 4.13. The van der Waals surface area contributed by atoms with Crippen LogP contribution in [0.2, 0.25) is 5.02 Å². The maximum atomic E-state index is 5.95. The smallest absolute Gasteiger partial charge is 0.188 e. The van der Waals surface area contributed by atoms with Gasteiger partial charge in [0.25, 0.3) is 0 Å². The molecule has 148 valence electrons. The Hall–Kier alpha value is -1.80. The van der Waals surface area contributed by atoms with Gasteiger partial charge in [0, 0.05) is 35.6 Å². The molecule has 6 nitrogen and oxygen atoms in total. The molecule has 0 saturated carbocycles. The fraction of sp³-hybridized carbons (Fsp3) is 0.368. The molecule has 9 heteroatoms. The van der Waals surface area contributed by atoms with Gasteiger partial charge in [0.05, 0.1) is 16.8 Å². The number of likely N-dealkylation sites (tertiary alicyclic amines) is 1. The topological polar surface area (TPSA) is 66.8 Å². The Kier molecular flexibility index (Phi) is 6.82. The lowest BCUT2D eigenvalue weighted by molar-refractivity contribution is 0.237. The molecule has 0 amide bonds. The maximum absolute atomic E-state index is 5.95. The van der Waals surface area contributed by atoms with Crippen molar-refractivity contribution in [2.24, 2.45) is 0 Å². The summed E-state index contributed by atoms with van der Waals surface area (Å²) in [4.78, 5) is 21.9. The average Bonchev–Trinajstić information content (AvgIpc) is 3.25. The van der Waals surface area contributed by atoms with Gasteiger partial charge in [-0.1, -0.05) is 11.6 Å². The van der Waals surface area contributed by atoms with Crippen molar-refractivity contribution in [3.8, 4) is 0 Å². The number of halogens is 2. The van der Waals surface area contributed by atoms with E-state index in [1.54, 1.807) is 17.5 Å². The van der Waals surface area contributed by atoms with Gasteiger partial charge in [0.2, 0.25) is 0 Å². The van der Waals surface area contributed by atoms with Crippen LogP contribution in [-0.4, -0.2) is 31.4 Å². The first-order valence-corrected chi connectivity index (χ1v) is 10.2. The SMILES string of the molecule is Cc1cc(Nc2ncc(C)s2)nc(C2CCCN2Cc2ccc(Cl)cn2)n1.Cl. The highest BCUT2D eigenvalue weighted by atomic mass is 35.5. The van der Waals surface area contributed by atoms with E-state index in [4.69, 9.17) is 21.6 Å². The number of anilines is 2. The molecule has 1 aliphatic heterocycles. The Morgan fingerprint density at radius 3 is 2.79 bits per heavy atom. The highest BCUT2D eigenvalue weighted by molar-refractivity contribution is 7.15. The Labute approximate surface area is 179 Å². The van der Waals surface area contributed by atoms with E-state index in [-0.39, 0.29) is 18.4 Å².